The Labute approximate surface area is 139 Å². The molecule has 128 valence electrons. The van der Waals surface area contributed by atoms with Gasteiger partial charge < -0.3 is 10.2 Å². The first-order valence-electron chi connectivity index (χ1n) is 8.89. The summed E-state index contributed by atoms with van der Waals surface area (Å²) in [5, 5.41) is 20.3. The maximum atomic E-state index is 12.4. The van der Waals surface area contributed by atoms with Crippen LogP contribution < -0.4 is 0 Å². The highest BCUT2D eigenvalue weighted by atomic mass is 16.3. The quantitative estimate of drug-likeness (QED) is 0.768. The molecular weight excluding hydrogens is 288 g/mol. The van der Waals surface area contributed by atoms with E-state index in [1.165, 1.54) is 5.57 Å². The molecule has 3 aliphatic rings. The van der Waals surface area contributed by atoms with Crippen molar-refractivity contribution in [2.45, 2.75) is 59.0 Å². The molecular formula is C20H30O3. The molecule has 2 N–H and O–H groups in total. The number of ketones is 1. The van der Waals surface area contributed by atoms with Gasteiger partial charge in [-0.25, -0.2) is 0 Å². The van der Waals surface area contributed by atoms with Gasteiger partial charge in [-0.15, -0.1) is 6.58 Å². The molecule has 3 nitrogen and oxygen atoms in total. The van der Waals surface area contributed by atoms with Crippen molar-refractivity contribution in [3.63, 3.8) is 0 Å². The molecule has 6 atom stereocenters. The van der Waals surface area contributed by atoms with Crippen molar-refractivity contribution in [2.24, 2.45) is 28.1 Å². The summed E-state index contributed by atoms with van der Waals surface area (Å²) in [7, 11) is 0. The number of aliphatic hydroxyl groups is 2. The van der Waals surface area contributed by atoms with Gasteiger partial charge in [0.15, 0.2) is 5.78 Å². The number of allylic oxidation sites excluding steroid dienone is 2. The van der Waals surface area contributed by atoms with E-state index in [-0.39, 0.29) is 29.1 Å². The number of aliphatic hydroxyl groups excluding tert-OH is 2. The normalized spacial score (nSPS) is 49.9. The number of carbonyl (C=O) groups is 1. The van der Waals surface area contributed by atoms with Gasteiger partial charge in [0, 0.05) is 5.41 Å². The molecule has 3 heteroatoms. The standard InChI is InChI=1S/C20H30O3/c1-5-18(2)8-9-19(3)13(11-18)6-7-14-15(19)10-16(22)17(23)20(14,4)12-21/h5,10,13-14,17,21,23H,1,6-9,11-12H2,2-4H3/t13-,14+,17+,18+,19-,20-/m1/s1. The lowest BCUT2D eigenvalue weighted by Crippen LogP contribution is -2.56. The Morgan fingerprint density at radius 1 is 1.30 bits per heavy atom. The second-order valence-electron chi connectivity index (χ2n) is 8.88. The molecule has 0 aliphatic heterocycles. The van der Waals surface area contributed by atoms with E-state index in [1.54, 1.807) is 6.08 Å². The van der Waals surface area contributed by atoms with Crippen LogP contribution in [0.25, 0.3) is 0 Å². The number of rotatable bonds is 2. The second-order valence-corrected chi connectivity index (χ2v) is 8.88. The lowest BCUT2D eigenvalue weighted by molar-refractivity contribution is -0.139. The summed E-state index contributed by atoms with van der Waals surface area (Å²) in [6.07, 6.45) is 8.02. The first kappa shape index (κ1) is 16.9. The molecule has 0 aromatic rings. The van der Waals surface area contributed by atoms with Crippen LogP contribution >= 0.6 is 0 Å². The van der Waals surface area contributed by atoms with Gasteiger partial charge >= 0.3 is 0 Å². The molecule has 3 rings (SSSR count). The van der Waals surface area contributed by atoms with Crippen LogP contribution in [0, 0.1) is 28.1 Å². The van der Waals surface area contributed by atoms with Crippen molar-refractivity contribution in [3.05, 3.63) is 24.3 Å². The van der Waals surface area contributed by atoms with Crippen LogP contribution in [0.3, 0.4) is 0 Å². The molecule has 0 heterocycles. The molecule has 3 aliphatic carbocycles. The van der Waals surface area contributed by atoms with E-state index in [1.807, 2.05) is 6.92 Å². The fraction of sp³-hybridized carbons (Fsp3) is 0.750. The zero-order valence-corrected chi connectivity index (χ0v) is 14.6. The Morgan fingerprint density at radius 3 is 2.61 bits per heavy atom. The highest BCUT2D eigenvalue weighted by Gasteiger charge is 2.57. The van der Waals surface area contributed by atoms with Crippen LogP contribution in [0.5, 0.6) is 0 Å². The average molecular weight is 318 g/mol. The largest absolute Gasteiger partial charge is 0.396 e. The third-order valence-electron chi connectivity index (χ3n) is 7.49. The van der Waals surface area contributed by atoms with Crippen molar-refractivity contribution in [1.29, 1.82) is 0 Å². The van der Waals surface area contributed by atoms with Crippen LogP contribution in [-0.2, 0) is 4.79 Å². The Morgan fingerprint density at radius 2 is 2.00 bits per heavy atom. The van der Waals surface area contributed by atoms with Crippen molar-refractivity contribution in [3.8, 4) is 0 Å². The molecule has 0 aromatic carbocycles. The molecule has 2 saturated carbocycles. The minimum atomic E-state index is -1.08. The van der Waals surface area contributed by atoms with E-state index in [4.69, 9.17) is 0 Å². The topological polar surface area (TPSA) is 57.5 Å². The Balaban J connectivity index is 2.02. The number of hydrogen-bond acceptors (Lipinski definition) is 3. The summed E-state index contributed by atoms with van der Waals surface area (Å²) in [5.74, 6) is 0.425. The molecule has 0 amide bonds. The lowest BCUT2D eigenvalue weighted by atomic mass is 9.46. The smallest absolute Gasteiger partial charge is 0.184 e. The number of hydrogen-bond donors (Lipinski definition) is 2. The van der Waals surface area contributed by atoms with Gasteiger partial charge in [0.1, 0.15) is 6.10 Å². The molecule has 0 bridgehead atoms. The van der Waals surface area contributed by atoms with Gasteiger partial charge in [-0.3, -0.25) is 4.79 Å². The first-order valence-corrected chi connectivity index (χ1v) is 8.89. The van der Waals surface area contributed by atoms with E-state index in [9.17, 15) is 15.0 Å². The third-order valence-corrected chi connectivity index (χ3v) is 7.49. The Bertz CT molecular complexity index is 565. The van der Waals surface area contributed by atoms with E-state index in [2.05, 4.69) is 26.5 Å². The van der Waals surface area contributed by atoms with Gasteiger partial charge in [0.2, 0.25) is 0 Å². The highest BCUT2D eigenvalue weighted by Crippen LogP contribution is 2.63. The summed E-state index contributed by atoms with van der Waals surface area (Å²) in [6, 6.07) is 0. The Kier molecular flexibility index (Phi) is 3.89. The lowest BCUT2D eigenvalue weighted by Gasteiger charge is -2.58. The van der Waals surface area contributed by atoms with Crippen LogP contribution in [0.2, 0.25) is 0 Å². The van der Waals surface area contributed by atoms with Gasteiger partial charge in [-0.05, 0) is 60.8 Å². The number of fused-ring (bicyclic) bond motifs is 3. The maximum absolute atomic E-state index is 12.4. The van der Waals surface area contributed by atoms with E-state index < -0.39 is 11.5 Å². The SMILES string of the molecule is C=C[C@@]1(C)CC[C@@]2(C)C3=CC(=O)[C@H](O)[C@](C)(CO)[C@H]3CC[C@@H]2C1. The van der Waals surface area contributed by atoms with E-state index >= 15 is 0 Å². The van der Waals surface area contributed by atoms with Crippen LogP contribution in [-0.4, -0.2) is 28.7 Å². The first-order chi connectivity index (χ1) is 10.7. The summed E-state index contributed by atoms with van der Waals surface area (Å²) >= 11 is 0. The maximum Gasteiger partial charge on any atom is 0.184 e. The zero-order valence-electron chi connectivity index (χ0n) is 14.6. The highest BCUT2D eigenvalue weighted by molar-refractivity contribution is 5.96. The molecule has 2 fully saturated rings. The van der Waals surface area contributed by atoms with E-state index in [0.29, 0.717) is 5.92 Å². The fourth-order valence-corrected chi connectivity index (χ4v) is 5.44. The van der Waals surface area contributed by atoms with Crippen molar-refractivity contribution in [1.82, 2.24) is 0 Å². The van der Waals surface area contributed by atoms with Crippen molar-refractivity contribution < 1.29 is 15.0 Å². The molecule has 0 unspecified atom stereocenters. The van der Waals surface area contributed by atoms with Gasteiger partial charge in [0.05, 0.1) is 6.61 Å². The van der Waals surface area contributed by atoms with Crippen molar-refractivity contribution in [2.75, 3.05) is 6.61 Å². The molecule has 0 saturated heterocycles. The van der Waals surface area contributed by atoms with Crippen LogP contribution in [0.4, 0.5) is 0 Å². The predicted octanol–water partition coefficient (Wildman–Crippen LogP) is 3.26. The van der Waals surface area contributed by atoms with Gasteiger partial charge in [-0.2, -0.15) is 0 Å². The van der Waals surface area contributed by atoms with Crippen LogP contribution in [0.1, 0.15) is 52.9 Å². The summed E-state index contributed by atoms with van der Waals surface area (Å²) in [6.45, 7) is 10.3. The van der Waals surface area contributed by atoms with Crippen molar-refractivity contribution >= 4 is 5.78 Å². The molecule has 0 radical (unpaired) electrons. The molecule has 0 aromatic heterocycles. The minimum absolute atomic E-state index is 0.0116. The monoisotopic (exact) mass is 318 g/mol. The second kappa shape index (κ2) is 5.29. The Hall–Kier alpha value is -0.930. The van der Waals surface area contributed by atoms with Gasteiger partial charge in [-0.1, -0.05) is 32.4 Å². The zero-order chi connectivity index (χ0) is 17.0. The summed E-state index contributed by atoms with van der Waals surface area (Å²) < 4.78 is 0. The minimum Gasteiger partial charge on any atom is -0.396 e. The fourth-order valence-electron chi connectivity index (χ4n) is 5.44. The van der Waals surface area contributed by atoms with Crippen LogP contribution in [0.15, 0.2) is 24.3 Å². The average Bonchev–Trinajstić information content (AvgIpc) is 2.54. The van der Waals surface area contributed by atoms with Gasteiger partial charge in [0.25, 0.3) is 0 Å². The third kappa shape index (κ3) is 2.27. The molecule has 0 spiro atoms. The number of carbonyl (C=O) groups excluding carboxylic acids is 1. The van der Waals surface area contributed by atoms with E-state index in [0.717, 1.165) is 32.1 Å². The summed E-state index contributed by atoms with van der Waals surface area (Å²) in [5.41, 5.74) is 0.647. The molecule has 23 heavy (non-hydrogen) atoms. The summed E-state index contributed by atoms with van der Waals surface area (Å²) in [4.78, 5) is 12.4. The predicted molar refractivity (Wildman–Crippen MR) is 90.8 cm³/mol.